The predicted molar refractivity (Wildman–Crippen MR) is 147 cm³/mol. The Kier molecular flexibility index (Phi) is 9.09. The smallest absolute Gasteiger partial charge is 0.251 e. The van der Waals surface area contributed by atoms with Gasteiger partial charge in [0.05, 0.1) is 16.7 Å². The SMILES string of the molecule is CC[C@H]1c2ccc(C(=O)N[C@@H](CCO)c3ccc(S(=O)(=O)CC)cc3)cc2CN1CC1CCC(C)CC1. The number of nitrogens with one attached hydrogen (secondary N) is 1. The summed E-state index contributed by atoms with van der Waals surface area (Å²) >= 11 is 0. The lowest BCUT2D eigenvalue weighted by Gasteiger charge is -2.32. The Morgan fingerprint density at radius 1 is 1.08 bits per heavy atom. The second-order valence-electron chi connectivity index (χ2n) is 10.9. The number of benzene rings is 2. The lowest BCUT2D eigenvalue weighted by atomic mass is 9.82. The number of sulfone groups is 1. The quantitative estimate of drug-likeness (QED) is 0.431. The van der Waals surface area contributed by atoms with Crippen LogP contribution in [0.3, 0.4) is 0 Å². The van der Waals surface area contributed by atoms with Crippen LogP contribution in [0.1, 0.15) is 98.4 Å². The highest BCUT2D eigenvalue weighted by Crippen LogP contribution is 2.39. The van der Waals surface area contributed by atoms with Crippen molar-refractivity contribution in [2.24, 2.45) is 11.8 Å². The van der Waals surface area contributed by atoms with Gasteiger partial charge in [0.15, 0.2) is 9.84 Å². The number of hydrogen-bond donors (Lipinski definition) is 2. The van der Waals surface area contributed by atoms with Crippen LogP contribution in [0.2, 0.25) is 0 Å². The Morgan fingerprint density at radius 3 is 2.41 bits per heavy atom. The summed E-state index contributed by atoms with van der Waals surface area (Å²) in [6, 6.07) is 12.7. The van der Waals surface area contributed by atoms with Gasteiger partial charge in [0, 0.05) is 31.3 Å². The normalized spacial score (nSPS) is 23.0. The summed E-state index contributed by atoms with van der Waals surface area (Å²) in [5.41, 5.74) is 3.96. The van der Waals surface area contributed by atoms with Gasteiger partial charge in [-0.15, -0.1) is 0 Å². The Hall–Kier alpha value is -2.22. The third-order valence-electron chi connectivity index (χ3n) is 8.34. The lowest BCUT2D eigenvalue weighted by molar-refractivity contribution is 0.0929. The molecule has 1 aliphatic carbocycles. The summed E-state index contributed by atoms with van der Waals surface area (Å²) in [5.74, 6) is 1.48. The molecule has 1 heterocycles. The topological polar surface area (TPSA) is 86.7 Å². The predicted octanol–water partition coefficient (Wildman–Crippen LogP) is 5.43. The molecule has 2 atom stereocenters. The molecule has 0 saturated heterocycles. The molecule has 0 unspecified atom stereocenters. The van der Waals surface area contributed by atoms with Crippen molar-refractivity contribution in [1.29, 1.82) is 0 Å². The van der Waals surface area contributed by atoms with Crippen LogP contribution in [0.25, 0.3) is 0 Å². The molecule has 0 aromatic heterocycles. The number of amides is 1. The molecule has 0 bridgehead atoms. The van der Waals surface area contributed by atoms with E-state index in [0.717, 1.165) is 36.9 Å². The van der Waals surface area contributed by atoms with E-state index in [1.54, 1.807) is 31.2 Å². The van der Waals surface area contributed by atoms with E-state index < -0.39 is 15.9 Å². The van der Waals surface area contributed by atoms with Crippen molar-refractivity contribution >= 4 is 15.7 Å². The minimum atomic E-state index is -3.29. The average Bonchev–Trinajstić information content (AvgIpc) is 3.25. The van der Waals surface area contributed by atoms with Crippen LogP contribution < -0.4 is 5.32 Å². The Balaban J connectivity index is 1.46. The number of fused-ring (bicyclic) bond motifs is 1. The van der Waals surface area contributed by atoms with E-state index in [1.165, 1.54) is 36.8 Å². The highest BCUT2D eigenvalue weighted by Gasteiger charge is 2.32. The van der Waals surface area contributed by atoms with Crippen LogP contribution in [-0.4, -0.2) is 43.2 Å². The lowest BCUT2D eigenvalue weighted by Crippen LogP contribution is -2.30. The molecule has 0 spiro atoms. The van der Waals surface area contributed by atoms with E-state index in [4.69, 9.17) is 0 Å². The molecular formula is C30H42N2O4S. The van der Waals surface area contributed by atoms with Gasteiger partial charge in [0.25, 0.3) is 5.91 Å². The van der Waals surface area contributed by atoms with Crippen LogP contribution in [-0.2, 0) is 16.4 Å². The summed E-state index contributed by atoms with van der Waals surface area (Å²) in [5, 5.41) is 12.7. The van der Waals surface area contributed by atoms with Crippen molar-refractivity contribution < 1.29 is 18.3 Å². The van der Waals surface area contributed by atoms with Crippen LogP contribution in [0.15, 0.2) is 47.4 Å². The molecular weight excluding hydrogens is 484 g/mol. The number of hydrogen-bond acceptors (Lipinski definition) is 5. The molecule has 0 radical (unpaired) electrons. The van der Waals surface area contributed by atoms with E-state index in [-0.39, 0.29) is 23.2 Å². The fourth-order valence-electron chi connectivity index (χ4n) is 6.01. The average molecular weight is 527 g/mol. The van der Waals surface area contributed by atoms with Gasteiger partial charge < -0.3 is 10.4 Å². The first-order valence-electron chi connectivity index (χ1n) is 13.9. The Bertz CT molecular complexity index is 1170. The first kappa shape index (κ1) is 27.8. The van der Waals surface area contributed by atoms with Crippen molar-refractivity contribution in [3.8, 4) is 0 Å². The number of carbonyl (C=O) groups is 1. The molecule has 2 aliphatic rings. The number of aliphatic hydroxyl groups excluding tert-OH is 1. The highest BCUT2D eigenvalue weighted by atomic mass is 32.2. The molecule has 1 fully saturated rings. The molecule has 2 aromatic rings. The van der Waals surface area contributed by atoms with E-state index >= 15 is 0 Å². The summed E-state index contributed by atoms with van der Waals surface area (Å²) < 4.78 is 24.3. The number of aliphatic hydroxyl groups is 1. The van der Waals surface area contributed by atoms with Crippen molar-refractivity contribution in [3.63, 3.8) is 0 Å². The molecule has 1 saturated carbocycles. The van der Waals surface area contributed by atoms with Crippen molar-refractivity contribution in [3.05, 3.63) is 64.7 Å². The summed E-state index contributed by atoms with van der Waals surface area (Å²) in [4.78, 5) is 16.1. The summed E-state index contributed by atoms with van der Waals surface area (Å²) in [7, 11) is -3.29. The molecule has 6 nitrogen and oxygen atoms in total. The molecule has 202 valence electrons. The van der Waals surface area contributed by atoms with Gasteiger partial charge in [-0.05, 0) is 78.5 Å². The molecule has 1 amide bonds. The van der Waals surface area contributed by atoms with Gasteiger partial charge in [-0.25, -0.2) is 8.42 Å². The number of carbonyl (C=O) groups excluding carboxylic acids is 1. The minimum absolute atomic E-state index is 0.0393. The van der Waals surface area contributed by atoms with Gasteiger partial charge in [0.2, 0.25) is 0 Å². The summed E-state index contributed by atoms with van der Waals surface area (Å²) in [6.45, 7) is 8.15. The fraction of sp³-hybridized carbons (Fsp3) is 0.567. The molecule has 2 aromatic carbocycles. The van der Waals surface area contributed by atoms with E-state index in [9.17, 15) is 18.3 Å². The Morgan fingerprint density at radius 2 is 1.78 bits per heavy atom. The molecule has 7 heteroatoms. The molecule has 1 aliphatic heterocycles. The van der Waals surface area contributed by atoms with Gasteiger partial charge in [-0.3, -0.25) is 9.69 Å². The maximum atomic E-state index is 13.3. The number of nitrogens with zero attached hydrogens (tertiary/aromatic N) is 1. The third kappa shape index (κ3) is 6.44. The largest absolute Gasteiger partial charge is 0.396 e. The third-order valence-corrected chi connectivity index (χ3v) is 10.1. The van der Waals surface area contributed by atoms with Crippen LogP contribution in [0.4, 0.5) is 0 Å². The van der Waals surface area contributed by atoms with Crippen LogP contribution in [0, 0.1) is 11.8 Å². The maximum absolute atomic E-state index is 13.3. The van der Waals surface area contributed by atoms with E-state index in [2.05, 4.69) is 30.1 Å². The van der Waals surface area contributed by atoms with Crippen LogP contribution >= 0.6 is 0 Å². The van der Waals surface area contributed by atoms with Gasteiger partial charge in [0.1, 0.15) is 0 Å². The second-order valence-corrected chi connectivity index (χ2v) is 13.2. The molecule has 2 N–H and O–H groups in total. The van der Waals surface area contributed by atoms with E-state index in [1.807, 2.05) is 12.1 Å². The van der Waals surface area contributed by atoms with E-state index in [0.29, 0.717) is 18.0 Å². The maximum Gasteiger partial charge on any atom is 0.251 e. The van der Waals surface area contributed by atoms with Crippen LogP contribution in [0.5, 0.6) is 0 Å². The zero-order valence-corrected chi connectivity index (χ0v) is 23.3. The van der Waals surface area contributed by atoms with Gasteiger partial charge >= 0.3 is 0 Å². The standard InChI is InChI=1S/C30H42N2O4S/c1-4-29-27-15-12-24(18-25(27)20-32(29)19-22-8-6-21(3)7-9-22)30(34)31-28(16-17-33)23-10-13-26(14-11-23)37(35,36)5-2/h10-15,18,21-22,28-29,33H,4-9,16-17,19-20H2,1-3H3,(H,31,34)/t21?,22?,28-,29-/m0/s1. The highest BCUT2D eigenvalue weighted by molar-refractivity contribution is 7.91. The van der Waals surface area contributed by atoms with Crippen molar-refractivity contribution in [2.75, 3.05) is 18.9 Å². The first-order valence-corrected chi connectivity index (χ1v) is 15.5. The number of rotatable bonds is 10. The second kappa shape index (κ2) is 12.1. The first-order chi connectivity index (χ1) is 17.7. The van der Waals surface area contributed by atoms with Gasteiger partial charge in [-0.1, -0.05) is 51.8 Å². The zero-order valence-electron chi connectivity index (χ0n) is 22.4. The summed E-state index contributed by atoms with van der Waals surface area (Å²) in [6.07, 6.45) is 6.70. The molecule has 4 rings (SSSR count). The van der Waals surface area contributed by atoms with Crippen molar-refractivity contribution in [1.82, 2.24) is 10.2 Å². The minimum Gasteiger partial charge on any atom is -0.396 e. The zero-order chi connectivity index (χ0) is 26.6. The monoisotopic (exact) mass is 526 g/mol. The van der Waals surface area contributed by atoms with Crippen molar-refractivity contribution in [2.45, 2.75) is 82.8 Å². The molecule has 37 heavy (non-hydrogen) atoms. The Labute approximate surface area is 222 Å². The van der Waals surface area contributed by atoms with Gasteiger partial charge in [-0.2, -0.15) is 0 Å². The fourth-order valence-corrected chi connectivity index (χ4v) is 6.90.